The van der Waals surface area contributed by atoms with Crippen LogP contribution in [0.3, 0.4) is 0 Å². The van der Waals surface area contributed by atoms with Crippen LogP contribution in [0.2, 0.25) is 13.6 Å². The van der Waals surface area contributed by atoms with Crippen LogP contribution in [0.15, 0.2) is 96.2 Å². The molecule has 1 aromatic heterocycles. The van der Waals surface area contributed by atoms with Crippen LogP contribution in [0, 0.1) is 18.8 Å². The maximum absolute atomic E-state index is 14.5. The highest BCUT2D eigenvalue weighted by Gasteiger charge is 2.48. The van der Waals surface area contributed by atoms with Gasteiger partial charge in [0.15, 0.2) is 17.8 Å². The maximum Gasteiger partial charge on any atom is 0.411 e. The highest BCUT2D eigenvalue weighted by atomic mass is 33.1. The van der Waals surface area contributed by atoms with Crippen molar-refractivity contribution in [1.29, 1.82) is 0 Å². The van der Waals surface area contributed by atoms with Gasteiger partial charge < -0.3 is 82.7 Å². The van der Waals surface area contributed by atoms with Crippen molar-refractivity contribution < 1.29 is 71.9 Å². The fourth-order valence-corrected chi connectivity index (χ4v) is 14.3. The number of fused-ring (bicyclic) bond motifs is 4. The van der Waals surface area contributed by atoms with Crippen LogP contribution in [0.4, 0.5) is 11.4 Å². The number of hydrogen-bond acceptors (Lipinski definition) is 20. The van der Waals surface area contributed by atoms with Crippen molar-refractivity contribution in [2.24, 2.45) is 0 Å². The average Bonchev–Trinajstić information content (AvgIpc) is 1.60. The van der Waals surface area contributed by atoms with Gasteiger partial charge in [-0.15, -0.1) is 0 Å². The molecule has 0 bridgehead atoms. The molecule has 3 aromatic carbocycles. The molecule has 26 heteroatoms. The van der Waals surface area contributed by atoms with Gasteiger partial charge in [0.05, 0.1) is 89.7 Å². The van der Waals surface area contributed by atoms with E-state index in [1.807, 2.05) is 60.0 Å². The van der Waals surface area contributed by atoms with Crippen LogP contribution in [-0.2, 0) is 51.2 Å². The summed E-state index contributed by atoms with van der Waals surface area (Å²) in [4.78, 5) is 65.3. The van der Waals surface area contributed by atoms with Gasteiger partial charge in [-0.1, -0.05) is 59.9 Å². The second-order valence-electron chi connectivity index (χ2n) is 24.1. The van der Waals surface area contributed by atoms with Gasteiger partial charge in [0.2, 0.25) is 11.8 Å². The fourth-order valence-electron chi connectivity index (χ4n) is 12.2. The molecule has 3 fully saturated rings. The van der Waals surface area contributed by atoms with E-state index in [1.165, 1.54) is 7.11 Å². The molecular formula is C68H89B2N7O15S2. The highest BCUT2D eigenvalue weighted by Crippen LogP contribution is 2.44. The van der Waals surface area contributed by atoms with E-state index in [1.54, 1.807) is 75.4 Å². The van der Waals surface area contributed by atoms with Gasteiger partial charge in [0.1, 0.15) is 30.2 Å². The minimum Gasteiger partial charge on any atom is -0.493 e. The highest BCUT2D eigenvalue weighted by molar-refractivity contribution is 8.76. The van der Waals surface area contributed by atoms with E-state index >= 15 is 0 Å². The molecule has 504 valence electrons. The molecule has 0 spiro atoms. The first-order valence-corrected chi connectivity index (χ1v) is 34.6. The first-order chi connectivity index (χ1) is 45.5. The molecule has 4 aromatic rings. The minimum absolute atomic E-state index is 0.00441. The number of nitrogens with zero attached hydrogens (tertiary/aromatic N) is 5. The third-order valence-corrected chi connectivity index (χ3v) is 19.7. The Hall–Kier alpha value is -6.76. The van der Waals surface area contributed by atoms with Crippen LogP contribution in [-0.4, -0.2) is 191 Å². The third kappa shape index (κ3) is 19.5. The first-order valence-electron chi connectivity index (χ1n) is 32.4. The number of aromatic nitrogens is 1. The average molecular weight is 1330 g/mol. The van der Waals surface area contributed by atoms with Gasteiger partial charge in [-0.3, -0.25) is 19.2 Å². The summed E-state index contributed by atoms with van der Waals surface area (Å²) in [7, 11) is 2.85. The molecule has 6 atom stereocenters. The zero-order valence-corrected chi connectivity index (χ0v) is 56.5. The van der Waals surface area contributed by atoms with Gasteiger partial charge in [0, 0.05) is 85.6 Å². The molecule has 4 amide bonds. The Morgan fingerprint density at radius 3 is 2.03 bits per heavy atom. The van der Waals surface area contributed by atoms with Crippen LogP contribution < -0.4 is 34.5 Å². The van der Waals surface area contributed by atoms with Crippen molar-refractivity contribution in [3.05, 3.63) is 125 Å². The van der Waals surface area contributed by atoms with Gasteiger partial charge in [-0.25, -0.2) is 4.98 Å². The summed E-state index contributed by atoms with van der Waals surface area (Å²) in [6.07, 6.45) is 5.58. The Morgan fingerprint density at radius 1 is 0.766 bits per heavy atom. The molecule has 4 N–H and O–H groups in total. The second kappa shape index (κ2) is 35.3. The number of nitrogens with one attached hydrogen (secondary N) is 2. The Bertz CT molecular complexity index is 3340. The lowest BCUT2D eigenvalue weighted by Gasteiger charge is -2.40. The summed E-state index contributed by atoms with van der Waals surface area (Å²) in [5.41, 5.74) is 6.42. The Morgan fingerprint density at radius 2 is 1.38 bits per heavy atom. The summed E-state index contributed by atoms with van der Waals surface area (Å²) in [5.74, 6) is 6.88. The molecule has 6 heterocycles. The van der Waals surface area contributed by atoms with Crippen LogP contribution in [0.5, 0.6) is 17.2 Å². The molecule has 0 aliphatic carbocycles. The molecule has 0 saturated carbocycles. The number of methoxy groups -OCH3 is 1. The maximum atomic E-state index is 14.5. The van der Waals surface area contributed by atoms with Crippen molar-refractivity contribution in [2.75, 3.05) is 102 Å². The molecule has 94 heavy (non-hydrogen) atoms. The fraction of sp³-hybridized carbons (Fsp3) is 0.515. The van der Waals surface area contributed by atoms with Crippen molar-refractivity contribution >= 4 is 70.7 Å². The number of benzene rings is 3. The minimum atomic E-state index is -1.06. The van der Waals surface area contributed by atoms with Crippen LogP contribution in [0.1, 0.15) is 108 Å². The van der Waals surface area contributed by atoms with Crippen molar-refractivity contribution in [2.45, 2.75) is 140 Å². The molecule has 22 nitrogen and oxygen atoms in total. The van der Waals surface area contributed by atoms with E-state index in [4.69, 9.17) is 42.6 Å². The normalized spacial score (nSPS) is 19.5. The summed E-state index contributed by atoms with van der Waals surface area (Å²) in [5, 5.41) is 29.8. The van der Waals surface area contributed by atoms with E-state index in [9.17, 15) is 29.2 Å². The molecule has 5 aliphatic heterocycles. The zero-order valence-electron chi connectivity index (χ0n) is 54.9. The predicted octanol–water partition coefficient (Wildman–Crippen LogP) is 7.87. The number of ether oxygens (including phenoxy) is 9. The number of amides is 4. The van der Waals surface area contributed by atoms with Crippen molar-refractivity contribution in [3.63, 3.8) is 0 Å². The first kappa shape index (κ1) is 71.5. The number of rotatable bonds is 33. The van der Waals surface area contributed by atoms with Gasteiger partial charge in [-0.2, -0.15) is 0 Å². The summed E-state index contributed by atoms with van der Waals surface area (Å²) >= 11 is 0. The van der Waals surface area contributed by atoms with E-state index in [2.05, 4.69) is 47.5 Å². The number of anilines is 2. The molecule has 2 unspecified atom stereocenters. The van der Waals surface area contributed by atoms with Crippen molar-refractivity contribution in [1.82, 2.24) is 25.4 Å². The van der Waals surface area contributed by atoms with E-state index in [0.29, 0.717) is 154 Å². The van der Waals surface area contributed by atoms with Crippen LogP contribution >= 0.6 is 21.6 Å². The lowest BCUT2D eigenvalue weighted by Crippen LogP contribution is -2.56. The lowest BCUT2D eigenvalue weighted by atomic mass is 9.80. The van der Waals surface area contributed by atoms with E-state index < -0.39 is 32.7 Å². The zero-order chi connectivity index (χ0) is 66.7. The second-order valence-corrected chi connectivity index (χ2v) is 26.8. The number of carbonyl (C=O) groups excluding carboxylic acids is 4. The topological polar surface area (TPSA) is 242 Å². The Kier molecular flexibility index (Phi) is 26.9. The predicted molar refractivity (Wildman–Crippen MR) is 364 cm³/mol. The largest absolute Gasteiger partial charge is 0.493 e. The SMILES string of the molecule is C=C1C[C@H]2[C@H](C)N(B(C)O)c3cc(OCc4cc(C#CCNC(=O)CCOCCOCCOCCOCCNC(=O)CCC(C)SSc5ccccn5)cc(COc5cc6c(cc5C)C(=O)N5CC(=C)C[C@H]5[C@H](OC5CCCCO5)N6B(C)O)c4)c(OC)cc3C(=O)N2C1. The van der Waals surface area contributed by atoms with E-state index in [0.717, 1.165) is 46.6 Å². The third-order valence-electron chi connectivity index (χ3n) is 16.9. The molecular weight excluding hydrogens is 1240 g/mol. The standard InChI is InChI=1S/C68H89B2N7O15S2/c1-45-32-55-49(5)76(69(6)82)56-40-61(60(84-8)38-54(56)67(81)74(55)41-45)91-44-52-36-50(14-13-21-71-63(79)19-24-85-26-28-87-30-31-88-29-27-86-25-22-72-62(78)18-17-48(4)93-94-64-15-9-11-20-73-64)35-51(37-52)43-90-59-39-57-53(34-47(59)3)66(80)75-42-46(2)33-58(75)68(77(57)70(7)83)92-65-16-10-12-23-89-65/h9,11,15,20,34-40,48-49,55,58,65,68,82-83H,1-2,10,12,16-19,21-33,41-44H2,3-8H3,(H,71,79)(H,72,78)/t48?,49-,55-,58-,65?,68-/m0/s1. The number of aryl methyl sites for hydroxylation is 1. The lowest BCUT2D eigenvalue weighted by molar-refractivity contribution is -0.194. The quantitative estimate of drug-likeness (QED) is 0.0117. The van der Waals surface area contributed by atoms with Gasteiger partial charge in [-0.05, 0) is 136 Å². The number of carbonyl (C=O) groups is 4. The Balaban J connectivity index is 0.781. The molecule has 5 aliphatic rings. The van der Waals surface area contributed by atoms with Gasteiger partial charge in [0.25, 0.3) is 11.8 Å². The molecule has 0 radical (unpaired) electrons. The van der Waals surface area contributed by atoms with E-state index in [-0.39, 0.29) is 68.5 Å². The number of pyridine rings is 1. The monoisotopic (exact) mass is 1330 g/mol. The van der Waals surface area contributed by atoms with Crippen LogP contribution in [0.25, 0.3) is 0 Å². The summed E-state index contributed by atoms with van der Waals surface area (Å²) in [6, 6.07) is 17.7. The van der Waals surface area contributed by atoms with Gasteiger partial charge >= 0.3 is 14.1 Å². The summed E-state index contributed by atoms with van der Waals surface area (Å²) in [6.45, 7) is 22.5. The van der Waals surface area contributed by atoms with Crippen molar-refractivity contribution in [3.8, 4) is 29.1 Å². The molecule has 3 saturated heterocycles. The number of hydrogen-bond donors (Lipinski definition) is 4. The summed E-state index contributed by atoms with van der Waals surface area (Å²) < 4.78 is 54.3. The molecule has 9 rings (SSSR count). The Labute approximate surface area is 561 Å². The smallest absolute Gasteiger partial charge is 0.411 e.